The van der Waals surface area contributed by atoms with Gasteiger partial charge in [0.2, 0.25) is 0 Å². The molecule has 1 rings (SSSR count). The summed E-state index contributed by atoms with van der Waals surface area (Å²) < 4.78 is 0. The van der Waals surface area contributed by atoms with E-state index in [1.807, 2.05) is 6.07 Å². The topological polar surface area (TPSA) is 78.4 Å². The van der Waals surface area contributed by atoms with E-state index >= 15 is 0 Å². The van der Waals surface area contributed by atoms with Crippen LogP contribution >= 0.6 is 0 Å². The predicted molar refractivity (Wildman–Crippen MR) is 55.0 cm³/mol. The summed E-state index contributed by atoms with van der Waals surface area (Å²) in [6, 6.07) is 8.83. The number of carbonyl (C=O) groups is 2. The van der Waals surface area contributed by atoms with E-state index in [0.29, 0.717) is 5.69 Å². The largest absolute Gasteiger partial charge is 0.478 e. The second kappa shape index (κ2) is 4.80. The van der Waals surface area contributed by atoms with E-state index in [4.69, 9.17) is 5.11 Å². The summed E-state index contributed by atoms with van der Waals surface area (Å²) in [4.78, 5) is 21.5. The fourth-order valence-electron chi connectivity index (χ4n) is 0.823. The van der Waals surface area contributed by atoms with Crippen LogP contribution in [0.15, 0.2) is 42.5 Å². The minimum Gasteiger partial charge on any atom is -0.478 e. The van der Waals surface area contributed by atoms with Gasteiger partial charge in [0, 0.05) is 0 Å². The van der Waals surface area contributed by atoms with Crippen molar-refractivity contribution in [2.24, 2.45) is 0 Å². The molecule has 0 aliphatic rings. The number of nitrogens with one attached hydrogen (secondary N) is 2. The van der Waals surface area contributed by atoms with Crippen LogP contribution in [0.5, 0.6) is 0 Å². The molecule has 0 saturated carbocycles. The number of aliphatic carboxylic acids is 1. The van der Waals surface area contributed by atoms with Crippen LogP contribution in [0.3, 0.4) is 0 Å². The Morgan fingerprint density at radius 2 is 1.80 bits per heavy atom. The van der Waals surface area contributed by atoms with E-state index in [1.54, 1.807) is 24.3 Å². The van der Waals surface area contributed by atoms with Crippen molar-refractivity contribution in [2.75, 3.05) is 5.43 Å². The van der Waals surface area contributed by atoms with Crippen molar-refractivity contribution >= 4 is 17.6 Å². The highest BCUT2D eigenvalue weighted by Crippen LogP contribution is 2.02. The fraction of sp³-hybridized carbons (Fsp3) is 0. The molecule has 0 unspecified atom stereocenters. The molecule has 0 aliphatic heterocycles. The van der Waals surface area contributed by atoms with Gasteiger partial charge in [-0.2, -0.15) is 0 Å². The van der Waals surface area contributed by atoms with Crippen molar-refractivity contribution in [1.82, 2.24) is 5.43 Å². The van der Waals surface area contributed by atoms with Gasteiger partial charge in [-0.15, -0.1) is 0 Å². The highest BCUT2D eigenvalue weighted by molar-refractivity contribution is 6.15. The summed E-state index contributed by atoms with van der Waals surface area (Å²) in [5.41, 5.74) is 4.91. The third kappa shape index (κ3) is 3.15. The van der Waals surface area contributed by atoms with Crippen LogP contribution in [0.25, 0.3) is 0 Å². The zero-order valence-corrected chi connectivity index (χ0v) is 7.86. The lowest BCUT2D eigenvalue weighted by Gasteiger charge is -2.07. The van der Waals surface area contributed by atoms with Gasteiger partial charge in [-0.05, 0) is 12.1 Å². The third-order valence-electron chi connectivity index (χ3n) is 1.63. The molecule has 1 aromatic rings. The number of rotatable bonds is 4. The zero-order valence-electron chi connectivity index (χ0n) is 7.86. The first-order chi connectivity index (χ1) is 7.11. The molecular formula is C10H10N2O3. The van der Waals surface area contributed by atoms with Gasteiger partial charge in [-0.25, -0.2) is 4.79 Å². The number of hydrogen-bond donors (Lipinski definition) is 3. The highest BCUT2D eigenvalue weighted by Gasteiger charge is 2.13. The van der Waals surface area contributed by atoms with Crippen molar-refractivity contribution in [3.8, 4) is 0 Å². The van der Waals surface area contributed by atoms with Gasteiger partial charge < -0.3 is 5.11 Å². The minimum absolute atomic E-state index is 0.515. The molecule has 0 atom stereocenters. The molecule has 0 aliphatic carbocycles. The SMILES string of the molecule is C=C(C(=O)O)C(=O)NNc1ccccc1. The number of carboxylic acid groups (broad SMARTS) is 1. The second-order valence-corrected chi connectivity index (χ2v) is 2.73. The molecule has 0 heterocycles. The van der Waals surface area contributed by atoms with Crippen LogP contribution < -0.4 is 10.9 Å². The number of carboxylic acids is 1. The van der Waals surface area contributed by atoms with Crippen molar-refractivity contribution in [3.05, 3.63) is 42.5 Å². The van der Waals surface area contributed by atoms with Crippen LogP contribution in [-0.2, 0) is 9.59 Å². The Morgan fingerprint density at radius 1 is 1.20 bits per heavy atom. The van der Waals surface area contributed by atoms with E-state index < -0.39 is 17.4 Å². The number of amides is 1. The molecule has 78 valence electrons. The molecule has 1 amide bonds. The number of hydrogen-bond acceptors (Lipinski definition) is 3. The van der Waals surface area contributed by atoms with Gasteiger partial charge in [0.15, 0.2) is 0 Å². The molecular weight excluding hydrogens is 196 g/mol. The number of benzene rings is 1. The first kappa shape index (κ1) is 10.8. The molecule has 15 heavy (non-hydrogen) atoms. The first-order valence-electron chi connectivity index (χ1n) is 4.15. The normalized spacial score (nSPS) is 9.07. The first-order valence-corrected chi connectivity index (χ1v) is 4.15. The van der Waals surface area contributed by atoms with E-state index in [0.717, 1.165) is 0 Å². The molecule has 3 N–H and O–H groups in total. The van der Waals surface area contributed by atoms with Gasteiger partial charge >= 0.3 is 5.97 Å². The summed E-state index contributed by atoms with van der Waals surface area (Å²) in [5, 5.41) is 8.46. The van der Waals surface area contributed by atoms with Gasteiger partial charge in [-0.3, -0.25) is 15.6 Å². The lowest BCUT2D eigenvalue weighted by Crippen LogP contribution is -2.32. The maximum atomic E-state index is 11.1. The number of hydrazine groups is 1. The van der Waals surface area contributed by atoms with Gasteiger partial charge in [0.05, 0.1) is 5.69 Å². The zero-order chi connectivity index (χ0) is 11.3. The van der Waals surface area contributed by atoms with Crippen LogP contribution in [0, 0.1) is 0 Å². The Morgan fingerprint density at radius 3 is 2.33 bits per heavy atom. The van der Waals surface area contributed by atoms with Crippen LogP contribution in [0.1, 0.15) is 0 Å². The van der Waals surface area contributed by atoms with Crippen LogP contribution in [0.2, 0.25) is 0 Å². The molecule has 0 bridgehead atoms. The summed E-state index contributed by atoms with van der Waals surface area (Å²) in [6.45, 7) is 3.11. The van der Waals surface area contributed by atoms with Gasteiger partial charge in [0.25, 0.3) is 5.91 Å². The van der Waals surface area contributed by atoms with Crippen LogP contribution in [0.4, 0.5) is 5.69 Å². The Balaban J connectivity index is 2.48. The van der Waals surface area contributed by atoms with Crippen LogP contribution in [-0.4, -0.2) is 17.0 Å². The summed E-state index contributed by atoms with van der Waals surface area (Å²) in [5.74, 6) is -2.12. The molecule has 0 radical (unpaired) electrons. The molecule has 0 aromatic heterocycles. The Labute approximate surface area is 86.4 Å². The lowest BCUT2D eigenvalue weighted by molar-refractivity contribution is -0.134. The Kier molecular flexibility index (Phi) is 3.45. The van der Waals surface area contributed by atoms with Crippen molar-refractivity contribution < 1.29 is 14.7 Å². The highest BCUT2D eigenvalue weighted by atomic mass is 16.4. The predicted octanol–water partition coefficient (Wildman–Crippen LogP) is 0.770. The van der Waals surface area contributed by atoms with Gasteiger partial charge in [-0.1, -0.05) is 24.8 Å². The fourth-order valence-corrected chi connectivity index (χ4v) is 0.823. The Bertz CT molecular complexity index is 387. The van der Waals surface area contributed by atoms with Crippen molar-refractivity contribution in [3.63, 3.8) is 0 Å². The maximum Gasteiger partial charge on any atom is 0.340 e. The molecule has 5 nitrogen and oxygen atoms in total. The lowest BCUT2D eigenvalue weighted by atomic mass is 10.3. The molecule has 0 fully saturated rings. The van der Waals surface area contributed by atoms with Crippen molar-refractivity contribution in [2.45, 2.75) is 0 Å². The quantitative estimate of drug-likeness (QED) is 0.294. The number of anilines is 1. The molecule has 5 heteroatoms. The average molecular weight is 206 g/mol. The Hall–Kier alpha value is -2.30. The van der Waals surface area contributed by atoms with E-state index in [2.05, 4.69) is 17.4 Å². The van der Waals surface area contributed by atoms with Gasteiger partial charge in [0.1, 0.15) is 5.57 Å². The van der Waals surface area contributed by atoms with Crippen molar-refractivity contribution in [1.29, 1.82) is 0 Å². The smallest absolute Gasteiger partial charge is 0.340 e. The molecule has 0 saturated heterocycles. The number of carbonyl (C=O) groups excluding carboxylic acids is 1. The third-order valence-corrected chi connectivity index (χ3v) is 1.63. The minimum atomic E-state index is -1.35. The summed E-state index contributed by atoms with van der Waals surface area (Å²) in [7, 11) is 0. The summed E-state index contributed by atoms with van der Waals surface area (Å²) in [6.07, 6.45) is 0. The second-order valence-electron chi connectivity index (χ2n) is 2.73. The van der Waals surface area contributed by atoms with E-state index in [1.165, 1.54) is 0 Å². The standard InChI is InChI=1S/C10H10N2O3/c1-7(10(14)15)9(13)12-11-8-5-3-2-4-6-8/h2-6,11H,1H2,(H,12,13)(H,14,15). The monoisotopic (exact) mass is 206 g/mol. The maximum absolute atomic E-state index is 11.1. The molecule has 0 spiro atoms. The number of para-hydroxylation sites is 1. The van der Waals surface area contributed by atoms with E-state index in [-0.39, 0.29) is 0 Å². The summed E-state index contributed by atoms with van der Waals surface area (Å²) >= 11 is 0. The molecule has 1 aromatic carbocycles. The van der Waals surface area contributed by atoms with E-state index in [9.17, 15) is 9.59 Å². The average Bonchev–Trinajstić information content (AvgIpc) is 2.26.